The lowest BCUT2D eigenvalue weighted by Crippen LogP contribution is -2.34. The maximum Gasteiger partial charge on any atom is 0.0316 e. The number of piperidine rings is 1. The third-order valence-corrected chi connectivity index (χ3v) is 2.41. The van der Waals surface area contributed by atoms with E-state index in [0.717, 1.165) is 0 Å². The van der Waals surface area contributed by atoms with Gasteiger partial charge in [-0.25, -0.2) is 0 Å². The Labute approximate surface area is 75.6 Å². The first-order chi connectivity index (χ1) is 5.88. The fourth-order valence-electron chi connectivity index (χ4n) is 1.74. The maximum atomic E-state index is 3.54. The molecule has 0 aliphatic carbocycles. The summed E-state index contributed by atoms with van der Waals surface area (Å²) in [5.74, 6) is 0. The van der Waals surface area contributed by atoms with E-state index in [4.69, 9.17) is 0 Å². The van der Waals surface area contributed by atoms with Crippen LogP contribution in [0.2, 0.25) is 0 Å². The van der Waals surface area contributed by atoms with Crippen LogP contribution in [0.1, 0.15) is 33.1 Å². The first-order valence-corrected chi connectivity index (χ1v) is 4.90. The second-order valence-corrected chi connectivity index (χ2v) is 3.29. The van der Waals surface area contributed by atoms with Gasteiger partial charge >= 0.3 is 0 Å². The highest BCUT2D eigenvalue weighted by molar-refractivity contribution is 5.24. The highest BCUT2D eigenvalue weighted by Crippen LogP contribution is 2.15. The van der Waals surface area contributed by atoms with E-state index in [1.165, 1.54) is 31.4 Å². The first kappa shape index (κ1) is 9.53. The van der Waals surface area contributed by atoms with Crippen molar-refractivity contribution in [3.05, 3.63) is 23.8 Å². The Balaban J connectivity index is 2.52. The van der Waals surface area contributed by atoms with Crippen LogP contribution in [-0.2, 0) is 0 Å². The molecule has 1 unspecified atom stereocenters. The van der Waals surface area contributed by atoms with Crippen molar-refractivity contribution in [1.82, 2.24) is 5.32 Å². The molecule has 1 heterocycles. The second kappa shape index (κ2) is 5.15. The fourth-order valence-corrected chi connectivity index (χ4v) is 1.74. The summed E-state index contributed by atoms with van der Waals surface area (Å²) < 4.78 is 0. The monoisotopic (exact) mass is 165 g/mol. The Morgan fingerprint density at radius 3 is 2.67 bits per heavy atom. The van der Waals surface area contributed by atoms with Gasteiger partial charge in [0.2, 0.25) is 0 Å². The van der Waals surface area contributed by atoms with Crippen LogP contribution >= 0.6 is 0 Å². The third-order valence-electron chi connectivity index (χ3n) is 2.41. The van der Waals surface area contributed by atoms with E-state index < -0.39 is 0 Å². The zero-order chi connectivity index (χ0) is 8.81. The average Bonchev–Trinajstić information content (AvgIpc) is 2.15. The van der Waals surface area contributed by atoms with Gasteiger partial charge in [0.1, 0.15) is 0 Å². The van der Waals surface area contributed by atoms with E-state index >= 15 is 0 Å². The fraction of sp³-hybridized carbons (Fsp3) is 0.636. The summed E-state index contributed by atoms with van der Waals surface area (Å²) in [7, 11) is 0. The van der Waals surface area contributed by atoms with Crippen molar-refractivity contribution in [3.8, 4) is 0 Å². The molecule has 68 valence electrons. The molecule has 1 aliphatic heterocycles. The lowest BCUT2D eigenvalue weighted by atomic mass is 9.97. The molecule has 1 aliphatic rings. The Bertz CT molecular complexity index is 173. The van der Waals surface area contributed by atoms with E-state index in [-0.39, 0.29) is 0 Å². The van der Waals surface area contributed by atoms with Gasteiger partial charge in [-0.05, 0) is 38.8 Å². The van der Waals surface area contributed by atoms with E-state index in [9.17, 15) is 0 Å². The van der Waals surface area contributed by atoms with Crippen LogP contribution in [0.5, 0.6) is 0 Å². The first-order valence-electron chi connectivity index (χ1n) is 4.90. The molecule has 0 bridgehead atoms. The lowest BCUT2D eigenvalue weighted by Gasteiger charge is -2.24. The standard InChI is InChI=1S/C11H19N/c1-3-7-10(4-2)11-8-5-6-9-12-11/h3-4,7,11-12H,5-6,8-9H2,1-2H3/b7-3-,10-4+. The molecule has 0 radical (unpaired) electrons. The van der Waals surface area contributed by atoms with Crippen molar-refractivity contribution in [2.75, 3.05) is 6.54 Å². The SMILES string of the molecule is C/C=C\C(=C/C)C1CCCCN1. The second-order valence-electron chi connectivity index (χ2n) is 3.29. The smallest absolute Gasteiger partial charge is 0.0316 e. The maximum absolute atomic E-state index is 3.54. The van der Waals surface area contributed by atoms with Crippen LogP contribution in [-0.4, -0.2) is 12.6 Å². The Morgan fingerprint density at radius 1 is 1.33 bits per heavy atom. The van der Waals surface area contributed by atoms with Crippen LogP contribution in [0.25, 0.3) is 0 Å². The highest BCUT2D eigenvalue weighted by atomic mass is 14.9. The zero-order valence-corrected chi connectivity index (χ0v) is 8.14. The van der Waals surface area contributed by atoms with Gasteiger partial charge in [-0.2, -0.15) is 0 Å². The van der Waals surface area contributed by atoms with Crippen LogP contribution in [0, 0.1) is 0 Å². The predicted molar refractivity (Wildman–Crippen MR) is 54.2 cm³/mol. The molecule has 1 atom stereocenters. The van der Waals surface area contributed by atoms with Gasteiger partial charge in [-0.15, -0.1) is 0 Å². The number of nitrogens with one attached hydrogen (secondary N) is 1. The van der Waals surface area contributed by atoms with Gasteiger partial charge in [0.05, 0.1) is 0 Å². The summed E-state index contributed by atoms with van der Waals surface area (Å²) in [6.45, 7) is 5.37. The van der Waals surface area contributed by atoms with Gasteiger partial charge in [0.25, 0.3) is 0 Å². The van der Waals surface area contributed by atoms with Gasteiger partial charge in [-0.1, -0.05) is 24.6 Å². The Morgan fingerprint density at radius 2 is 2.17 bits per heavy atom. The minimum absolute atomic E-state index is 0.611. The summed E-state index contributed by atoms with van der Waals surface area (Å²) >= 11 is 0. The Kier molecular flexibility index (Phi) is 4.09. The molecule has 0 aromatic heterocycles. The summed E-state index contributed by atoms with van der Waals surface area (Å²) in [5, 5.41) is 3.54. The molecule has 1 saturated heterocycles. The van der Waals surface area contributed by atoms with Gasteiger partial charge < -0.3 is 5.32 Å². The van der Waals surface area contributed by atoms with Crippen LogP contribution in [0.3, 0.4) is 0 Å². The molecule has 1 rings (SSSR count). The normalized spacial score (nSPS) is 26.5. The lowest BCUT2D eigenvalue weighted by molar-refractivity contribution is 0.444. The van der Waals surface area contributed by atoms with E-state index in [1.54, 1.807) is 0 Å². The molecule has 1 heteroatoms. The quantitative estimate of drug-likeness (QED) is 0.620. The topological polar surface area (TPSA) is 12.0 Å². The number of allylic oxidation sites excluding steroid dienone is 2. The third kappa shape index (κ3) is 2.49. The minimum atomic E-state index is 0.611. The molecule has 0 spiro atoms. The van der Waals surface area contributed by atoms with Crippen molar-refractivity contribution in [2.24, 2.45) is 0 Å². The van der Waals surface area contributed by atoms with E-state index in [0.29, 0.717) is 6.04 Å². The molecular weight excluding hydrogens is 146 g/mol. The molecule has 0 amide bonds. The summed E-state index contributed by atoms with van der Waals surface area (Å²) in [4.78, 5) is 0. The molecule has 1 nitrogen and oxygen atoms in total. The number of rotatable bonds is 2. The van der Waals surface area contributed by atoms with E-state index in [1.807, 2.05) is 0 Å². The molecule has 1 fully saturated rings. The molecule has 0 aromatic carbocycles. The summed E-state index contributed by atoms with van der Waals surface area (Å²) in [5.41, 5.74) is 1.44. The van der Waals surface area contributed by atoms with Crippen molar-refractivity contribution in [3.63, 3.8) is 0 Å². The van der Waals surface area contributed by atoms with E-state index in [2.05, 4.69) is 37.4 Å². The zero-order valence-electron chi connectivity index (χ0n) is 8.14. The van der Waals surface area contributed by atoms with Crippen LogP contribution < -0.4 is 5.32 Å². The minimum Gasteiger partial charge on any atom is -0.310 e. The van der Waals surface area contributed by atoms with Crippen molar-refractivity contribution >= 4 is 0 Å². The number of hydrogen-bond acceptors (Lipinski definition) is 1. The van der Waals surface area contributed by atoms with Gasteiger partial charge in [0, 0.05) is 6.04 Å². The average molecular weight is 165 g/mol. The van der Waals surface area contributed by atoms with Gasteiger partial charge in [0.15, 0.2) is 0 Å². The molecule has 1 N–H and O–H groups in total. The highest BCUT2D eigenvalue weighted by Gasteiger charge is 2.13. The van der Waals surface area contributed by atoms with Crippen LogP contribution in [0.4, 0.5) is 0 Å². The molecule has 0 saturated carbocycles. The summed E-state index contributed by atoms with van der Waals surface area (Å²) in [6, 6.07) is 0.611. The van der Waals surface area contributed by atoms with Crippen molar-refractivity contribution in [1.29, 1.82) is 0 Å². The largest absolute Gasteiger partial charge is 0.310 e. The molecular formula is C11H19N. The number of hydrogen-bond donors (Lipinski definition) is 1. The molecule has 12 heavy (non-hydrogen) atoms. The molecule has 0 aromatic rings. The predicted octanol–water partition coefficient (Wildman–Crippen LogP) is 2.65. The van der Waals surface area contributed by atoms with Gasteiger partial charge in [-0.3, -0.25) is 0 Å². The summed E-state index contributed by atoms with van der Waals surface area (Å²) in [6.07, 6.45) is 10.5. The van der Waals surface area contributed by atoms with Crippen molar-refractivity contribution in [2.45, 2.75) is 39.2 Å². The van der Waals surface area contributed by atoms with Crippen molar-refractivity contribution < 1.29 is 0 Å². The Hall–Kier alpha value is -0.560. The van der Waals surface area contributed by atoms with Crippen LogP contribution in [0.15, 0.2) is 23.8 Å².